The molecule has 0 aliphatic rings. The Hall–Kier alpha value is -1.37. The van der Waals surface area contributed by atoms with Gasteiger partial charge in [0.2, 0.25) is 0 Å². The molecule has 1 heteroatoms. The largest absolute Gasteiger partial charge is 0.264 e. The minimum Gasteiger partial charge on any atom is -0.264 e. The summed E-state index contributed by atoms with van der Waals surface area (Å²) in [5.74, 6) is 0. The lowest BCUT2D eigenvalue weighted by molar-refractivity contribution is 1.20. The lowest BCUT2D eigenvalue weighted by Crippen LogP contribution is -1.86. The fraction of sp³-hybridized carbons (Fsp3) is 0.100. The van der Waals surface area contributed by atoms with Gasteiger partial charge in [0.15, 0.2) is 0 Å². The first-order valence-corrected chi connectivity index (χ1v) is 3.54. The molecule has 0 aliphatic heterocycles. The Morgan fingerprint density at radius 1 is 1.45 bits per heavy atom. The van der Waals surface area contributed by atoms with Crippen LogP contribution in [0, 0.1) is 0 Å². The van der Waals surface area contributed by atoms with E-state index in [1.165, 1.54) is 5.56 Å². The van der Waals surface area contributed by atoms with Gasteiger partial charge in [-0.05, 0) is 23.6 Å². The van der Waals surface area contributed by atoms with E-state index in [1.807, 2.05) is 24.4 Å². The van der Waals surface area contributed by atoms with E-state index in [-0.39, 0.29) is 0 Å². The number of hydrogen-bond donors (Lipinski definition) is 0. The molecule has 0 atom stereocenters. The first-order valence-electron chi connectivity index (χ1n) is 3.54. The Morgan fingerprint density at radius 2 is 2.27 bits per heavy atom. The maximum atomic E-state index is 3.99. The number of rotatable bonds is 3. The molecule has 0 saturated carbocycles. The average molecular weight is 145 g/mol. The zero-order chi connectivity index (χ0) is 8.10. The molecule has 0 fully saturated rings. The first-order chi connectivity index (χ1) is 5.38. The highest BCUT2D eigenvalue weighted by Gasteiger charge is 1.94. The molecule has 1 rings (SSSR count). The summed E-state index contributed by atoms with van der Waals surface area (Å²) in [6.45, 7) is 7.38. The van der Waals surface area contributed by atoms with Crippen molar-refractivity contribution in [3.63, 3.8) is 0 Å². The molecule has 1 nitrogen and oxygen atoms in total. The second-order valence-electron chi connectivity index (χ2n) is 2.27. The van der Waals surface area contributed by atoms with E-state index in [4.69, 9.17) is 0 Å². The Kier molecular flexibility index (Phi) is 2.61. The van der Waals surface area contributed by atoms with Gasteiger partial charge in [0.1, 0.15) is 0 Å². The van der Waals surface area contributed by atoms with Gasteiger partial charge in [-0.1, -0.05) is 18.7 Å². The van der Waals surface area contributed by atoms with E-state index in [9.17, 15) is 0 Å². The van der Waals surface area contributed by atoms with Gasteiger partial charge in [-0.15, -0.1) is 6.58 Å². The standard InChI is InChI=1S/C10H11N/c1-3-5-10-6-7-11-8-9(10)4-2/h3-4,6-8H,1-2,5H2. The van der Waals surface area contributed by atoms with Gasteiger partial charge in [0.25, 0.3) is 0 Å². The zero-order valence-corrected chi connectivity index (χ0v) is 6.46. The van der Waals surface area contributed by atoms with E-state index in [0.717, 1.165) is 12.0 Å². The minimum atomic E-state index is 0.879. The number of hydrogen-bond acceptors (Lipinski definition) is 1. The molecule has 0 amide bonds. The van der Waals surface area contributed by atoms with Crippen molar-refractivity contribution >= 4 is 6.08 Å². The third-order valence-corrected chi connectivity index (χ3v) is 1.53. The summed E-state index contributed by atoms with van der Waals surface area (Å²) in [6.07, 6.45) is 8.16. The summed E-state index contributed by atoms with van der Waals surface area (Å²) < 4.78 is 0. The molecule has 56 valence electrons. The maximum absolute atomic E-state index is 3.99. The highest BCUT2D eigenvalue weighted by atomic mass is 14.6. The third-order valence-electron chi connectivity index (χ3n) is 1.53. The van der Waals surface area contributed by atoms with Crippen molar-refractivity contribution < 1.29 is 0 Å². The lowest BCUT2D eigenvalue weighted by atomic mass is 10.1. The molecule has 0 unspecified atom stereocenters. The quantitative estimate of drug-likeness (QED) is 0.595. The van der Waals surface area contributed by atoms with E-state index in [0.29, 0.717) is 0 Å². The number of aromatic nitrogens is 1. The van der Waals surface area contributed by atoms with Gasteiger partial charge in [0, 0.05) is 12.4 Å². The van der Waals surface area contributed by atoms with Crippen molar-refractivity contribution in [2.24, 2.45) is 0 Å². The van der Waals surface area contributed by atoms with Crippen LogP contribution in [0.25, 0.3) is 6.08 Å². The van der Waals surface area contributed by atoms with Crippen LogP contribution in [0.4, 0.5) is 0 Å². The molecular formula is C10H11N. The van der Waals surface area contributed by atoms with Crippen molar-refractivity contribution in [2.45, 2.75) is 6.42 Å². The van der Waals surface area contributed by atoms with Crippen LogP contribution in [-0.4, -0.2) is 4.98 Å². The maximum Gasteiger partial charge on any atom is 0.0342 e. The Morgan fingerprint density at radius 3 is 2.91 bits per heavy atom. The minimum absolute atomic E-state index is 0.879. The van der Waals surface area contributed by atoms with Crippen LogP contribution in [0.3, 0.4) is 0 Å². The molecule has 0 aliphatic carbocycles. The van der Waals surface area contributed by atoms with E-state index in [2.05, 4.69) is 18.1 Å². The van der Waals surface area contributed by atoms with Crippen molar-refractivity contribution in [1.29, 1.82) is 0 Å². The zero-order valence-electron chi connectivity index (χ0n) is 6.46. The van der Waals surface area contributed by atoms with Gasteiger partial charge in [-0.2, -0.15) is 0 Å². The predicted octanol–water partition coefficient (Wildman–Crippen LogP) is 2.45. The molecule has 1 heterocycles. The Bertz CT molecular complexity index is 263. The average Bonchev–Trinajstić information content (AvgIpc) is 2.06. The van der Waals surface area contributed by atoms with E-state index in [1.54, 1.807) is 6.20 Å². The van der Waals surface area contributed by atoms with Gasteiger partial charge in [-0.25, -0.2) is 0 Å². The molecule has 11 heavy (non-hydrogen) atoms. The predicted molar refractivity (Wildman–Crippen MR) is 48.2 cm³/mol. The summed E-state index contributed by atoms with van der Waals surface area (Å²) in [6, 6.07) is 1.98. The highest BCUT2D eigenvalue weighted by molar-refractivity contribution is 5.50. The fourth-order valence-electron chi connectivity index (χ4n) is 0.961. The van der Waals surface area contributed by atoms with Crippen LogP contribution in [-0.2, 0) is 6.42 Å². The second kappa shape index (κ2) is 3.71. The van der Waals surface area contributed by atoms with Crippen molar-refractivity contribution in [3.05, 3.63) is 48.8 Å². The van der Waals surface area contributed by atoms with Crippen LogP contribution < -0.4 is 0 Å². The molecule has 0 radical (unpaired) electrons. The van der Waals surface area contributed by atoms with Crippen LogP contribution in [0.15, 0.2) is 37.7 Å². The van der Waals surface area contributed by atoms with Gasteiger partial charge >= 0.3 is 0 Å². The Balaban J connectivity index is 3.01. The molecule has 1 aromatic heterocycles. The summed E-state index contributed by atoms with van der Waals surface area (Å²) >= 11 is 0. The van der Waals surface area contributed by atoms with Crippen LogP contribution >= 0.6 is 0 Å². The van der Waals surface area contributed by atoms with Crippen LogP contribution in [0.1, 0.15) is 11.1 Å². The van der Waals surface area contributed by atoms with Crippen molar-refractivity contribution in [3.8, 4) is 0 Å². The highest BCUT2D eigenvalue weighted by Crippen LogP contribution is 2.08. The summed E-state index contributed by atoms with van der Waals surface area (Å²) in [5, 5.41) is 0. The molecular weight excluding hydrogens is 134 g/mol. The molecule has 0 bridgehead atoms. The van der Waals surface area contributed by atoms with Crippen molar-refractivity contribution in [2.75, 3.05) is 0 Å². The molecule has 0 saturated heterocycles. The fourth-order valence-corrected chi connectivity index (χ4v) is 0.961. The van der Waals surface area contributed by atoms with Crippen LogP contribution in [0.2, 0.25) is 0 Å². The van der Waals surface area contributed by atoms with Crippen molar-refractivity contribution in [1.82, 2.24) is 4.98 Å². The molecule has 1 aromatic rings. The smallest absolute Gasteiger partial charge is 0.0342 e. The number of pyridine rings is 1. The SMILES string of the molecule is C=CCc1ccncc1C=C. The first kappa shape index (κ1) is 7.73. The number of allylic oxidation sites excluding steroid dienone is 1. The van der Waals surface area contributed by atoms with Gasteiger partial charge in [-0.3, -0.25) is 4.98 Å². The monoisotopic (exact) mass is 145 g/mol. The van der Waals surface area contributed by atoms with E-state index >= 15 is 0 Å². The molecule has 0 aromatic carbocycles. The van der Waals surface area contributed by atoms with E-state index < -0.39 is 0 Å². The number of nitrogens with zero attached hydrogens (tertiary/aromatic N) is 1. The van der Waals surface area contributed by atoms with Gasteiger partial charge in [0.05, 0.1) is 0 Å². The topological polar surface area (TPSA) is 12.9 Å². The summed E-state index contributed by atoms with van der Waals surface area (Å²) in [4.78, 5) is 3.99. The third kappa shape index (κ3) is 1.77. The summed E-state index contributed by atoms with van der Waals surface area (Å²) in [7, 11) is 0. The Labute approximate surface area is 67.1 Å². The normalized spacial score (nSPS) is 9.09. The molecule has 0 spiro atoms. The lowest BCUT2D eigenvalue weighted by Gasteiger charge is -1.99. The second-order valence-corrected chi connectivity index (χ2v) is 2.27. The van der Waals surface area contributed by atoms with Crippen LogP contribution in [0.5, 0.6) is 0 Å². The molecule has 0 N–H and O–H groups in total. The summed E-state index contributed by atoms with van der Waals surface area (Å²) in [5.41, 5.74) is 2.32. The van der Waals surface area contributed by atoms with Gasteiger partial charge < -0.3 is 0 Å².